The first-order valence-electron chi connectivity index (χ1n) is 12.5. The number of hydrogen-bond donors (Lipinski definition) is 2. The van der Waals surface area contributed by atoms with Crippen molar-refractivity contribution in [1.82, 2.24) is 19.9 Å². The molecule has 4 rings (SSSR count). The lowest BCUT2D eigenvalue weighted by Gasteiger charge is -2.26. The lowest BCUT2D eigenvalue weighted by molar-refractivity contribution is -0.111. The monoisotopic (exact) mass is 520 g/mol. The summed E-state index contributed by atoms with van der Waals surface area (Å²) in [5.41, 5.74) is 4.27. The van der Waals surface area contributed by atoms with Gasteiger partial charge >= 0.3 is 0 Å². The Hall–Kier alpha value is -4.74. The van der Waals surface area contributed by atoms with Crippen LogP contribution in [-0.2, 0) is 4.79 Å². The van der Waals surface area contributed by atoms with Crippen molar-refractivity contribution < 1.29 is 9.53 Å². The molecule has 0 saturated heterocycles. The molecule has 4 aromatic rings. The number of anilines is 3. The number of fused-ring (bicyclic) bond motifs is 1. The van der Waals surface area contributed by atoms with Crippen LogP contribution >= 0.6 is 0 Å². The molecular weight excluding hydrogens is 488 g/mol. The van der Waals surface area contributed by atoms with Crippen molar-refractivity contribution in [3.63, 3.8) is 0 Å². The van der Waals surface area contributed by atoms with E-state index >= 15 is 0 Å². The highest BCUT2D eigenvalue weighted by atomic mass is 16.5. The molecule has 2 N–H and O–H groups in total. The second-order valence-corrected chi connectivity index (χ2v) is 9.89. The van der Waals surface area contributed by atoms with E-state index in [1.807, 2.05) is 89.2 Å². The molecule has 0 aliphatic carbocycles. The van der Waals surface area contributed by atoms with Crippen LogP contribution in [0.25, 0.3) is 10.9 Å². The van der Waals surface area contributed by atoms with Crippen LogP contribution in [0.4, 0.5) is 17.3 Å². The smallest absolute Gasteiger partial charge is 0.247 e. The number of pyridine rings is 1. The SMILES string of the molecule is C=CC(=O)Nc1cc2cnc(Nc3ccc(Oc4ccc(C)nc4)c(C)c3)nc2cc1C#CC(C)(C)N(C)C. The number of ether oxygens (including phenoxy) is 1. The minimum Gasteiger partial charge on any atom is -0.455 e. The molecule has 198 valence electrons. The summed E-state index contributed by atoms with van der Waals surface area (Å²) in [7, 11) is 3.95. The summed E-state index contributed by atoms with van der Waals surface area (Å²) in [6.45, 7) is 11.5. The standard InChI is InChI=1S/C31H32N6O2/c1-8-29(38)35-26-17-23-18-33-30(36-27(23)16-22(26)13-14-31(4,5)37(6)7)34-24-10-12-28(20(2)15-24)39-25-11-9-21(3)32-19-25/h8-12,15-19H,1H2,2-7H3,(H,35,38)(H,33,34,36). The zero-order chi connectivity index (χ0) is 28.2. The molecule has 0 bridgehead atoms. The minimum atomic E-state index is -0.364. The van der Waals surface area contributed by atoms with E-state index in [9.17, 15) is 4.79 Å². The summed E-state index contributed by atoms with van der Waals surface area (Å²) in [4.78, 5) is 27.5. The summed E-state index contributed by atoms with van der Waals surface area (Å²) in [5.74, 6) is 8.05. The molecule has 0 aliphatic rings. The molecule has 8 nitrogen and oxygen atoms in total. The number of nitrogens with one attached hydrogen (secondary N) is 2. The zero-order valence-electron chi connectivity index (χ0n) is 23.1. The first-order valence-corrected chi connectivity index (χ1v) is 12.5. The molecule has 0 spiro atoms. The molecule has 2 heterocycles. The second-order valence-electron chi connectivity index (χ2n) is 9.89. The first kappa shape index (κ1) is 27.3. The predicted molar refractivity (Wildman–Crippen MR) is 157 cm³/mol. The van der Waals surface area contributed by atoms with Gasteiger partial charge in [0.1, 0.15) is 11.5 Å². The number of carbonyl (C=O) groups is 1. The van der Waals surface area contributed by atoms with Crippen molar-refractivity contribution in [3.8, 4) is 23.3 Å². The average Bonchev–Trinajstić information content (AvgIpc) is 2.90. The van der Waals surface area contributed by atoms with Gasteiger partial charge in [-0.05, 0) is 95.9 Å². The fourth-order valence-electron chi connectivity index (χ4n) is 3.47. The number of amides is 1. The van der Waals surface area contributed by atoms with Crippen molar-refractivity contribution in [1.29, 1.82) is 0 Å². The highest BCUT2D eigenvalue weighted by molar-refractivity contribution is 6.01. The van der Waals surface area contributed by atoms with Gasteiger partial charge in [-0.1, -0.05) is 18.4 Å². The molecule has 39 heavy (non-hydrogen) atoms. The minimum absolute atomic E-state index is 0.315. The van der Waals surface area contributed by atoms with Gasteiger partial charge in [-0.3, -0.25) is 14.7 Å². The highest BCUT2D eigenvalue weighted by Crippen LogP contribution is 2.29. The Kier molecular flexibility index (Phi) is 7.93. The average molecular weight is 521 g/mol. The third kappa shape index (κ3) is 6.78. The summed E-state index contributed by atoms with van der Waals surface area (Å²) in [5, 5.41) is 6.88. The molecule has 0 aliphatic heterocycles. The summed E-state index contributed by atoms with van der Waals surface area (Å²) >= 11 is 0. The topological polar surface area (TPSA) is 92.3 Å². The molecule has 0 atom stereocenters. The maximum atomic E-state index is 12.1. The van der Waals surface area contributed by atoms with Crippen LogP contribution in [0.1, 0.15) is 30.7 Å². The van der Waals surface area contributed by atoms with Gasteiger partial charge in [0, 0.05) is 23.0 Å². The number of nitrogens with zero attached hydrogens (tertiary/aromatic N) is 4. The van der Waals surface area contributed by atoms with Gasteiger partial charge in [0.05, 0.1) is 28.5 Å². The molecule has 2 aromatic heterocycles. The molecular formula is C31H32N6O2. The molecule has 0 radical (unpaired) electrons. The molecule has 0 fully saturated rings. The number of hydrogen-bond acceptors (Lipinski definition) is 7. The molecule has 2 aromatic carbocycles. The van der Waals surface area contributed by atoms with Crippen LogP contribution in [-0.4, -0.2) is 45.4 Å². The third-order valence-electron chi connectivity index (χ3n) is 6.33. The van der Waals surface area contributed by atoms with E-state index in [1.54, 1.807) is 12.4 Å². The Balaban J connectivity index is 1.62. The Labute approximate surface area is 229 Å². The van der Waals surface area contributed by atoms with Gasteiger partial charge in [0.2, 0.25) is 11.9 Å². The summed E-state index contributed by atoms with van der Waals surface area (Å²) in [6.07, 6.45) is 4.65. The van der Waals surface area contributed by atoms with Crippen LogP contribution in [0.3, 0.4) is 0 Å². The fraction of sp³-hybridized carbons (Fsp3) is 0.226. The normalized spacial score (nSPS) is 11.1. The van der Waals surface area contributed by atoms with Gasteiger partial charge in [0.15, 0.2) is 0 Å². The lowest BCUT2D eigenvalue weighted by Crippen LogP contribution is -2.36. The van der Waals surface area contributed by atoms with E-state index in [0.29, 0.717) is 28.5 Å². The van der Waals surface area contributed by atoms with Gasteiger partial charge in [-0.25, -0.2) is 9.97 Å². The van der Waals surface area contributed by atoms with Crippen molar-refractivity contribution in [2.45, 2.75) is 33.2 Å². The molecule has 0 unspecified atom stereocenters. The Morgan fingerprint density at radius 2 is 1.87 bits per heavy atom. The number of aromatic nitrogens is 3. The Morgan fingerprint density at radius 1 is 1.08 bits per heavy atom. The zero-order valence-corrected chi connectivity index (χ0v) is 23.1. The third-order valence-corrected chi connectivity index (χ3v) is 6.33. The van der Waals surface area contributed by atoms with Crippen molar-refractivity contribution in [3.05, 3.63) is 84.3 Å². The maximum absolute atomic E-state index is 12.1. The number of benzene rings is 2. The van der Waals surface area contributed by atoms with Gasteiger partial charge in [0.25, 0.3) is 0 Å². The van der Waals surface area contributed by atoms with E-state index in [0.717, 1.165) is 28.1 Å². The second kappa shape index (κ2) is 11.3. The number of carbonyl (C=O) groups excluding carboxylic acids is 1. The van der Waals surface area contributed by atoms with Crippen LogP contribution in [0.15, 0.2) is 67.5 Å². The quantitative estimate of drug-likeness (QED) is 0.228. The van der Waals surface area contributed by atoms with Crippen LogP contribution in [0.5, 0.6) is 11.5 Å². The highest BCUT2D eigenvalue weighted by Gasteiger charge is 2.17. The predicted octanol–water partition coefficient (Wildman–Crippen LogP) is 5.99. The van der Waals surface area contributed by atoms with Crippen LogP contribution in [0.2, 0.25) is 0 Å². The summed E-state index contributed by atoms with van der Waals surface area (Å²) in [6, 6.07) is 13.3. The Morgan fingerprint density at radius 3 is 2.54 bits per heavy atom. The molecule has 0 saturated carbocycles. The van der Waals surface area contributed by atoms with Crippen LogP contribution in [0, 0.1) is 25.7 Å². The summed E-state index contributed by atoms with van der Waals surface area (Å²) < 4.78 is 5.97. The largest absolute Gasteiger partial charge is 0.455 e. The lowest BCUT2D eigenvalue weighted by atomic mass is 10.0. The molecule has 8 heteroatoms. The van der Waals surface area contributed by atoms with Crippen LogP contribution < -0.4 is 15.4 Å². The number of aryl methyl sites for hydroxylation is 2. The number of rotatable bonds is 7. The maximum Gasteiger partial charge on any atom is 0.247 e. The van der Waals surface area contributed by atoms with E-state index in [-0.39, 0.29) is 11.4 Å². The first-order chi connectivity index (χ1) is 18.5. The van der Waals surface area contributed by atoms with Crippen molar-refractivity contribution in [2.24, 2.45) is 0 Å². The Bertz CT molecular complexity index is 1600. The van der Waals surface area contributed by atoms with E-state index < -0.39 is 0 Å². The van der Waals surface area contributed by atoms with E-state index in [4.69, 9.17) is 9.72 Å². The van der Waals surface area contributed by atoms with Crippen molar-refractivity contribution >= 4 is 34.1 Å². The van der Waals surface area contributed by atoms with Gasteiger partial charge in [-0.2, -0.15) is 0 Å². The van der Waals surface area contributed by atoms with E-state index in [2.05, 4.69) is 39.0 Å². The fourth-order valence-corrected chi connectivity index (χ4v) is 3.47. The van der Waals surface area contributed by atoms with Crippen molar-refractivity contribution in [2.75, 3.05) is 24.7 Å². The van der Waals surface area contributed by atoms with Gasteiger partial charge < -0.3 is 15.4 Å². The van der Waals surface area contributed by atoms with E-state index in [1.165, 1.54) is 6.08 Å². The van der Waals surface area contributed by atoms with Gasteiger partial charge in [-0.15, -0.1) is 0 Å². The molecule has 1 amide bonds.